The second-order valence-electron chi connectivity index (χ2n) is 2.17. The van der Waals surface area contributed by atoms with E-state index in [1.807, 2.05) is 0 Å². The van der Waals surface area contributed by atoms with Gasteiger partial charge in [-0.2, -0.15) is 0 Å². The minimum absolute atomic E-state index is 0.281. The molecule has 0 heterocycles. The van der Waals surface area contributed by atoms with Crippen molar-refractivity contribution in [2.45, 2.75) is 6.04 Å². The summed E-state index contributed by atoms with van der Waals surface area (Å²) in [7, 11) is 0. The molecule has 12 heavy (non-hydrogen) atoms. The van der Waals surface area contributed by atoms with Crippen LogP contribution in [0.5, 0.6) is 0 Å². The van der Waals surface area contributed by atoms with Crippen LogP contribution in [0.15, 0.2) is 25.3 Å². The minimum Gasteiger partial charge on any atom is -0.368 e. The van der Waals surface area contributed by atoms with E-state index in [9.17, 15) is 9.59 Å². The maximum Gasteiger partial charge on any atom is 0.244 e. The molecule has 0 radical (unpaired) electrons. The molecule has 0 aromatic heterocycles. The molecule has 2 N–H and O–H groups in total. The molecular formula is C8H12N2O2. The van der Waals surface area contributed by atoms with Crippen molar-refractivity contribution in [3.8, 4) is 0 Å². The highest BCUT2D eigenvalue weighted by atomic mass is 16.2. The van der Waals surface area contributed by atoms with E-state index in [4.69, 9.17) is 5.73 Å². The zero-order valence-electron chi connectivity index (χ0n) is 6.77. The van der Waals surface area contributed by atoms with Crippen molar-refractivity contribution in [2.24, 2.45) is 5.73 Å². The van der Waals surface area contributed by atoms with Crippen LogP contribution >= 0.6 is 0 Å². The number of primary amides is 1. The number of nitrogens with two attached hydrogens (primary N) is 1. The van der Waals surface area contributed by atoms with Gasteiger partial charge in [0, 0.05) is 6.54 Å². The number of nitrogens with zero attached hydrogens (tertiary/aromatic N) is 1. The van der Waals surface area contributed by atoms with E-state index in [2.05, 4.69) is 13.2 Å². The molecule has 0 aromatic carbocycles. The zero-order chi connectivity index (χ0) is 9.56. The van der Waals surface area contributed by atoms with E-state index in [0.717, 1.165) is 0 Å². The van der Waals surface area contributed by atoms with Gasteiger partial charge in [-0.3, -0.25) is 9.59 Å². The summed E-state index contributed by atoms with van der Waals surface area (Å²) >= 11 is 0. The molecule has 0 aliphatic carbocycles. The van der Waals surface area contributed by atoms with Crippen molar-refractivity contribution in [2.75, 3.05) is 6.54 Å². The smallest absolute Gasteiger partial charge is 0.244 e. The quantitative estimate of drug-likeness (QED) is 0.436. The molecule has 0 spiro atoms. The minimum atomic E-state index is -0.750. The average Bonchev–Trinajstić information content (AvgIpc) is 2.03. The Morgan fingerprint density at radius 3 is 2.42 bits per heavy atom. The number of hydrogen-bond donors (Lipinski definition) is 1. The molecule has 0 bridgehead atoms. The molecule has 66 valence electrons. The van der Waals surface area contributed by atoms with Crippen molar-refractivity contribution >= 4 is 12.3 Å². The predicted octanol–water partition coefficient (Wildman–Crippen LogP) is -0.329. The third-order valence-corrected chi connectivity index (χ3v) is 1.35. The van der Waals surface area contributed by atoms with E-state index in [0.29, 0.717) is 6.41 Å². The molecule has 0 rings (SSSR count). The molecule has 0 fully saturated rings. The van der Waals surface area contributed by atoms with Crippen molar-refractivity contribution in [1.82, 2.24) is 4.90 Å². The van der Waals surface area contributed by atoms with Gasteiger partial charge < -0.3 is 10.6 Å². The summed E-state index contributed by atoms with van der Waals surface area (Å²) in [5.74, 6) is -0.598. The summed E-state index contributed by atoms with van der Waals surface area (Å²) in [6.07, 6.45) is 3.37. The molecule has 0 aromatic rings. The summed E-state index contributed by atoms with van der Waals surface area (Å²) in [5.41, 5.74) is 5.01. The lowest BCUT2D eigenvalue weighted by atomic mass is 10.2. The first kappa shape index (κ1) is 10.4. The van der Waals surface area contributed by atoms with E-state index in [-0.39, 0.29) is 6.54 Å². The first-order valence-electron chi connectivity index (χ1n) is 3.41. The molecule has 0 aliphatic rings. The molecule has 4 nitrogen and oxygen atoms in total. The standard InChI is InChI=1S/C8H12N2O2/c1-3-5-10(6-11)7(4-2)8(9)12/h3-4,6-7H,1-2,5H2,(H2,9,12). The second-order valence-corrected chi connectivity index (χ2v) is 2.17. The fraction of sp³-hybridized carbons (Fsp3) is 0.250. The number of hydrogen-bond acceptors (Lipinski definition) is 2. The van der Waals surface area contributed by atoms with Crippen molar-refractivity contribution in [1.29, 1.82) is 0 Å². The summed E-state index contributed by atoms with van der Waals surface area (Å²) in [4.78, 5) is 22.4. The molecule has 2 amide bonds. The van der Waals surface area contributed by atoms with E-state index in [1.165, 1.54) is 17.1 Å². The van der Waals surface area contributed by atoms with Gasteiger partial charge in [-0.25, -0.2) is 0 Å². The van der Waals surface area contributed by atoms with Gasteiger partial charge in [-0.1, -0.05) is 12.2 Å². The first-order valence-corrected chi connectivity index (χ1v) is 3.41. The van der Waals surface area contributed by atoms with E-state index < -0.39 is 11.9 Å². The Morgan fingerprint density at radius 2 is 2.17 bits per heavy atom. The van der Waals surface area contributed by atoms with Gasteiger partial charge in [0.05, 0.1) is 0 Å². The third-order valence-electron chi connectivity index (χ3n) is 1.35. The lowest BCUT2D eigenvalue weighted by Crippen LogP contribution is -2.42. The third kappa shape index (κ3) is 2.57. The van der Waals surface area contributed by atoms with Crippen LogP contribution in [0.2, 0.25) is 0 Å². The number of carbonyl (C=O) groups is 2. The highest BCUT2D eigenvalue weighted by Gasteiger charge is 2.17. The highest BCUT2D eigenvalue weighted by Crippen LogP contribution is 1.96. The Hall–Kier alpha value is -1.58. The Kier molecular flexibility index (Phi) is 4.45. The fourth-order valence-corrected chi connectivity index (χ4v) is 0.786. The fourth-order valence-electron chi connectivity index (χ4n) is 0.786. The molecule has 1 atom stereocenters. The van der Waals surface area contributed by atoms with Crippen LogP contribution in [0.1, 0.15) is 0 Å². The molecule has 1 unspecified atom stereocenters. The van der Waals surface area contributed by atoms with Crippen molar-refractivity contribution in [3.05, 3.63) is 25.3 Å². The molecular weight excluding hydrogens is 156 g/mol. The lowest BCUT2D eigenvalue weighted by molar-refractivity contribution is -0.128. The Labute approximate surface area is 71.3 Å². The van der Waals surface area contributed by atoms with Gasteiger partial charge in [0.2, 0.25) is 12.3 Å². The van der Waals surface area contributed by atoms with Gasteiger partial charge in [-0.05, 0) is 0 Å². The highest BCUT2D eigenvalue weighted by molar-refractivity contribution is 5.83. The van der Waals surface area contributed by atoms with Gasteiger partial charge >= 0.3 is 0 Å². The Bertz CT molecular complexity index is 201. The maximum atomic E-state index is 10.7. The van der Waals surface area contributed by atoms with Gasteiger partial charge in [-0.15, -0.1) is 13.2 Å². The molecule has 0 saturated carbocycles. The largest absolute Gasteiger partial charge is 0.368 e. The number of rotatable bonds is 6. The van der Waals surface area contributed by atoms with Crippen LogP contribution in [0.3, 0.4) is 0 Å². The summed E-state index contributed by atoms with van der Waals surface area (Å²) in [6.45, 7) is 7.12. The molecule has 0 saturated heterocycles. The van der Waals surface area contributed by atoms with E-state index >= 15 is 0 Å². The van der Waals surface area contributed by atoms with Crippen LogP contribution in [0.4, 0.5) is 0 Å². The van der Waals surface area contributed by atoms with Crippen molar-refractivity contribution < 1.29 is 9.59 Å². The van der Waals surface area contributed by atoms with Gasteiger partial charge in [0.25, 0.3) is 0 Å². The number of carbonyl (C=O) groups excluding carboxylic acids is 2. The van der Waals surface area contributed by atoms with Gasteiger partial charge in [0.1, 0.15) is 6.04 Å². The summed E-state index contributed by atoms with van der Waals surface area (Å²) < 4.78 is 0. The monoisotopic (exact) mass is 168 g/mol. The summed E-state index contributed by atoms with van der Waals surface area (Å²) in [5, 5.41) is 0. The van der Waals surface area contributed by atoms with Crippen LogP contribution in [-0.4, -0.2) is 29.8 Å². The summed E-state index contributed by atoms with van der Waals surface area (Å²) in [6, 6.07) is -0.750. The van der Waals surface area contributed by atoms with Gasteiger partial charge in [0.15, 0.2) is 0 Å². The first-order chi connectivity index (χ1) is 5.67. The maximum absolute atomic E-state index is 10.7. The van der Waals surface area contributed by atoms with E-state index in [1.54, 1.807) is 0 Å². The van der Waals surface area contributed by atoms with Crippen LogP contribution in [0, 0.1) is 0 Å². The Morgan fingerprint density at radius 1 is 1.58 bits per heavy atom. The zero-order valence-corrected chi connectivity index (χ0v) is 6.77. The van der Waals surface area contributed by atoms with Crippen molar-refractivity contribution in [3.63, 3.8) is 0 Å². The SMILES string of the molecule is C=CCN(C=O)C(C=C)C(N)=O. The normalized spacial score (nSPS) is 11.3. The molecule has 0 aliphatic heterocycles. The second kappa shape index (κ2) is 5.12. The topological polar surface area (TPSA) is 63.4 Å². The number of amides is 2. The Balaban J connectivity index is 4.41. The lowest BCUT2D eigenvalue weighted by Gasteiger charge is -2.20. The molecule has 4 heteroatoms. The average molecular weight is 168 g/mol. The van der Waals surface area contributed by atoms with Crippen LogP contribution in [-0.2, 0) is 9.59 Å². The predicted molar refractivity (Wildman–Crippen MR) is 46.1 cm³/mol. The van der Waals surface area contributed by atoms with Crippen LogP contribution < -0.4 is 5.73 Å². The van der Waals surface area contributed by atoms with Crippen LogP contribution in [0.25, 0.3) is 0 Å².